The summed E-state index contributed by atoms with van der Waals surface area (Å²) < 4.78 is 11.9. The first-order valence-corrected chi connectivity index (χ1v) is 2.66. The number of rotatable bonds is 3. The maximum Gasteiger partial charge on any atom is 0.368 e. The number of hydrogen-bond acceptors (Lipinski definition) is 1. The van der Waals surface area contributed by atoms with Gasteiger partial charge in [0.2, 0.25) is 5.54 Å². The Hall–Kier alpha value is -0.350. The molecule has 1 unspecified atom stereocenters. The van der Waals surface area contributed by atoms with Crippen molar-refractivity contribution in [2.75, 3.05) is 13.7 Å². The highest BCUT2D eigenvalue weighted by atomic mass is 35.5. The van der Waals surface area contributed by atoms with E-state index in [1.807, 2.05) is 0 Å². The van der Waals surface area contributed by atoms with Crippen molar-refractivity contribution in [1.82, 2.24) is 0 Å². The Kier molecular flexibility index (Phi) is 5.51. The van der Waals surface area contributed by atoms with Crippen LogP contribution in [0.5, 0.6) is 0 Å². The summed E-state index contributed by atoms with van der Waals surface area (Å²) in [5.74, 6) is -1.12. The van der Waals surface area contributed by atoms with Crippen LogP contribution in [-0.4, -0.2) is 30.3 Å². The van der Waals surface area contributed by atoms with Crippen LogP contribution in [0.1, 0.15) is 6.92 Å². The van der Waals surface area contributed by atoms with Gasteiger partial charge in [0, 0.05) is 6.92 Å². The largest absolute Gasteiger partial charge is 1.00 e. The minimum absolute atomic E-state index is 0. The first kappa shape index (κ1) is 12.3. The van der Waals surface area contributed by atoms with Crippen LogP contribution in [0.3, 0.4) is 0 Å². The van der Waals surface area contributed by atoms with Crippen molar-refractivity contribution in [3.63, 3.8) is 0 Å². The van der Waals surface area contributed by atoms with Gasteiger partial charge < -0.3 is 22.8 Å². The Bertz CT molecular complexity index is 116. The lowest BCUT2D eigenvalue weighted by molar-refractivity contribution is -0.686. The highest BCUT2D eigenvalue weighted by Crippen LogP contribution is 1.96. The second-order valence-corrected chi connectivity index (χ2v) is 2.14. The third-order valence-corrected chi connectivity index (χ3v) is 1.40. The molecule has 0 rings (SSSR count). The molecule has 0 spiro atoms. The first-order chi connectivity index (χ1) is 4.06. The zero-order valence-corrected chi connectivity index (χ0v) is 6.65. The molecule has 0 saturated carbocycles. The fraction of sp³-hybridized carbons (Fsp3) is 0.800. The number of quaternary nitrogens is 1. The maximum atomic E-state index is 11.9. The number of likely N-dealkylation sites (N-methyl/N-ethyl adjacent to an activating group) is 1. The molecule has 0 aromatic carbocycles. The van der Waals surface area contributed by atoms with Gasteiger partial charge >= 0.3 is 5.97 Å². The van der Waals surface area contributed by atoms with E-state index in [1.165, 1.54) is 19.3 Å². The quantitative estimate of drug-likeness (QED) is 0.455. The van der Waals surface area contributed by atoms with Gasteiger partial charge in [0.1, 0.15) is 0 Å². The molecule has 0 aliphatic heterocycles. The number of hydrogen-bond donors (Lipinski definition) is 2. The molecule has 0 bridgehead atoms. The normalized spacial score (nSPS) is 15.1. The second-order valence-electron chi connectivity index (χ2n) is 2.14. The van der Waals surface area contributed by atoms with Crippen molar-refractivity contribution in [1.29, 1.82) is 0 Å². The Balaban J connectivity index is 0. The standard InChI is InChI=1S/C5H10FNO2.ClH/c1-5(3-6,7-2)4(8)9;/h7H,3H2,1-2H3,(H,8,9);1H. The van der Waals surface area contributed by atoms with Gasteiger partial charge in [-0.1, -0.05) is 0 Å². The van der Waals surface area contributed by atoms with Crippen LogP contribution < -0.4 is 17.7 Å². The number of carboxylic acids is 1. The zero-order valence-electron chi connectivity index (χ0n) is 5.90. The molecule has 3 N–H and O–H groups in total. The molecule has 0 heterocycles. The highest BCUT2D eigenvalue weighted by molar-refractivity contribution is 5.76. The van der Waals surface area contributed by atoms with Gasteiger partial charge in [-0.3, -0.25) is 0 Å². The van der Waals surface area contributed by atoms with Crippen molar-refractivity contribution in [2.45, 2.75) is 12.5 Å². The summed E-state index contributed by atoms with van der Waals surface area (Å²) in [5, 5.41) is 9.70. The van der Waals surface area contributed by atoms with E-state index < -0.39 is 18.2 Å². The fourth-order valence-electron chi connectivity index (χ4n) is 0.258. The molecule has 0 fully saturated rings. The fourth-order valence-corrected chi connectivity index (χ4v) is 0.258. The summed E-state index contributed by atoms with van der Waals surface area (Å²) in [7, 11) is 1.54. The molecular formula is C5H11ClFNO2. The third-order valence-electron chi connectivity index (χ3n) is 1.40. The van der Waals surface area contributed by atoms with E-state index in [0.29, 0.717) is 0 Å². The van der Waals surface area contributed by atoms with Gasteiger partial charge in [0.15, 0.2) is 6.67 Å². The van der Waals surface area contributed by atoms with Crippen LogP contribution in [0.4, 0.5) is 4.39 Å². The number of alkyl halides is 1. The van der Waals surface area contributed by atoms with Gasteiger partial charge in [0.05, 0.1) is 7.05 Å². The van der Waals surface area contributed by atoms with E-state index in [0.717, 1.165) is 0 Å². The molecule has 0 aliphatic carbocycles. The molecule has 5 heteroatoms. The van der Waals surface area contributed by atoms with E-state index in [4.69, 9.17) is 5.11 Å². The van der Waals surface area contributed by atoms with E-state index >= 15 is 0 Å². The highest BCUT2D eigenvalue weighted by Gasteiger charge is 2.35. The molecule has 62 valence electrons. The average Bonchev–Trinajstić information content (AvgIpc) is 1.86. The Labute approximate surface area is 65.0 Å². The van der Waals surface area contributed by atoms with Crippen molar-refractivity contribution in [3.05, 3.63) is 0 Å². The molecule has 3 nitrogen and oxygen atoms in total. The number of aliphatic carboxylic acids is 1. The summed E-state index contributed by atoms with van der Waals surface area (Å²) in [4.78, 5) is 10.2. The van der Waals surface area contributed by atoms with Crippen molar-refractivity contribution >= 4 is 5.97 Å². The van der Waals surface area contributed by atoms with Gasteiger partial charge in [-0.15, -0.1) is 0 Å². The lowest BCUT2D eigenvalue weighted by Crippen LogP contribution is -3.00. The summed E-state index contributed by atoms with van der Waals surface area (Å²) in [5.41, 5.74) is -1.29. The van der Waals surface area contributed by atoms with Gasteiger partial charge in [0.25, 0.3) is 0 Å². The van der Waals surface area contributed by atoms with Crippen LogP contribution >= 0.6 is 0 Å². The number of halogens is 2. The Morgan fingerprint density at radius 2 is 2.20 bits per heavy atom. The predicted octanol–water partition coefficient (Wildman–Crippen LogP) is -4.00. The van der Waals surface area contributed by atoms with Crippen LogP contribution in [0.2, 0.25) is 0 Å². The van der Waals surface area contributed by atoms with E-state index in [-0.39, 0.29) is 12.4 Å². The summed E-state index contributed by atoms with van der Waals surface area (Å²) in [6.45, 7) is 0.494. The lowest BCUT2D eigenvalue weighted by Gasteiger charge is -2.15. The lowest BCUT2D eigenvalue weighted by atomic mass is 10.1. The number of nitrogens with two attached hydrogens (primary N) is 1. The van der Waals surface area contributed by atoms with Crippen molar-refractivity contribution in [2.24, 2.45) is 0 Å². The van der Waals surface area contributed by atoms with Gasteiger partial charge in [-0.2, -0.15) is 0 Å². The molecule has 10 heavy (non-hydrogen) atoms. The number of carbonyl (C=O) groups is 1. The predicted molar refractivity (Wildman–Crippen MR) is 29.9 cm³/mol. The topological polar surface area (TPSA) is 53.9 Å². The Morgan fingerprint density at radius 1 is 1.80 bits per heavy atom. The van der Waals surface area contributed by atoms with E-state index in [1.54, 1.807) is 0 Å². The molecule has 0 aliphatic rings. The Morgan fingerprint density at radius 3 is 2.20 bits per heavy atom. The molecular weight excluding hydrogens is 161 g/mol. The maximum absolute atomic E-state index is 11.9. The van der Waals surface area contributed by atoms with Crippen LogP contribution in [0.25, 0.3) is 0 Å². The second kappa shape index (κ2) is 4.46. The van der Waals surface area contributed by atoms with Crippen molar-refractivity contribution in [3.8, 4) is 0 Å². The monoisotopic (exact) mass is 171 g/mol. The van der Waals surface area contributed by atoms with Gasteiger partial charge in [-0.25, -0.2) is 9.18 Å². The first-order valence-electron chi connectivity index (χ1n) is 2.66. The minimum Gasteiger partial charge on any atom is -1.00 e. The van der Waals surface area contributed by atoms with Gasteiger partial charge in [-0.05, 0) is 0 Å². The molecule has 0 amide bonds. The minimum atomic E-state index is -1.29. The van der Waals surface area contributed by atoms with Crippen LogP contribution in [0, 0.1) is 0 Å². The third kappa shape index (κ3) is 2.49. The molecule has 1 atom stereocenters. The zero-order chi connectivity index (χ0) is 7.49. The van der Waals surface area contributed by atoms with Crippen LogP contribution in [-0.2, 0) is 4.79 Å². The smallest absolute Gasteiger partial charge is 0.368 e. The molecule has 0 saturated heterocycles. The summed E-state index contributed by atoms with van der Waals surface area (Å²) in [6, 6.07) is 0. The number of carboxylic acid groups (broad SMARTS) is 1. The molecule has 0 radical (unpaired) electrons. The van der Waals surface area contributed by atoms with E-state index in [9.17, 15) is 9.18 Å². The summed E-state index contributed by atoms with van der Waals surface area (Å²) in [6.07, 6.45) is 0. The average molecular weight is 172 g/mol. The van der Waals surface area contributed by atoms with Crippen LogP contribution in [0.15, 0.2) is 0 Å². The van der Waals surface area contributed by atoms with E-state index in [2.05, 4.69) is 0 Å². The summed E-state index contributed by atoms with van der Waals surface area (Å²) >= 11 is 0. The van der Waals surface area contributed by atoms with Crippen molar-refractivity contribution < 1.29 is 32.0 Å². The molecule has 0 aromatic heterocycles. The SMILES string of the molecule is C[NH2+]C(C)(CF)C(=O)O.[Cl-]. The molecule has 0 aromatic rings.